The zero-order valence-electron chi connectivity index (χ0n) is 9.84. The van der Waals surface area contributed by atoms with Crippen molar-refractivity contribution < 1.29 is 0 Å². The summed E-state index contributed by atoms with van der Waals surface area (Å²) in [5.74, 6) is 0.947. The van der Waals surface area contributed by atoms with Crippen LogP contribution in [0, 0.1) is 5.92 Å². The summed E-state index contributed by atoms with van der Waals surface area (Å²) in [5, 5.41) is 0. The third kappa shape index (κ3) is 2.51. The monoisotopic (exact) mass is 212 g/mol. The van der Waals surface area contributed by atoms with Crippen molar-refractivity contribution in [1.29, 1.82) is 0 Å². The molecule has 82 valence electrons. The first-order valence-corrected chi connectivity index (χ1v) is 8.19. The Bertz CT molecular complexity index is 162. The molecule has 0 saturated carbocycles. The average Bonchev–Trinajstić information content (AvgIpc) is 2.27. The van der Waals surface area contributed by atoms with Crippen LogP contribution in [0.4, 0.5) is 0 Å². The molecule has 0 aliphatic carbocycles. The minimum atomic E-state index is 0.424. The minimum absolute atomic E-state index is 0.424. The molecular weight excluding hydrogens is 187 g/mol. The smallest absolute Gasteiger partial charge is 0.0207 e. The Labute approximate surface area is 90.6 Å². The van der Waals surface area contributed by atoms with Crippen LogP contribution < -0.4 is 0 Å². The van der Waals surface area contributed by atoms with Crippen LogP contribution in [0.3, 0.4) is 0 Å². The Morgan fingerprint density at radius 2 is 1.43 bits per heavy atom. The molecule has 2 bridgehead atoms. The zero-order valence-corrected chi connectivity index (χ0v) is 10.7. The van der Waals surface area contributed by atoms with Gasteiger partial charge in [-0.15, -0.1) is 7.92 Å². The highest BCUT2D eigenvalue weighted by Crippen LogP contribution is 2.58. The van der Waals surface area contributed by atoms with Gasteiger partial charge in [0.15, 0.2) is 0 Å². The molecule has 0 aromatic heterocycles. The molecule has 0 amide bonds. The molecule has 2 fully saturated rings. The van der Waals surface area contributed by atoms with Crippen molar-refractivity contribution in [2.24, 2.45) is 5.92 Å². The van der Waals surface area contributed by atoms with Gasteiger partial charge < -0.3 is 0 Å². The van der Waals surface area contributed by atoms with E-state index in [-0.39, 0.29) is 0 Å². The third-order valence-corrected chi connectivity index (χ3v) is 7.97. The van der Waals surface area contributed by atoms with Crippen LogP contribution in [-0.2, 0) is 0 Å². The quantitative estimate of drug-likeness (QED) is 0.586. The van der Waals surface area contributed by atoms with Crippen LogP contribution >= 0.6 is 7.92 Å². The Balaban J connectivity index is 2.02. The highest BCUT2D eigenvalue weighted by molar-refractivity contribution is 7.59. The van der Waals surface area contributed by atoms with Crippen LogP contribution in [0.2, 0.25) is 0 Å². The topological polar surface area (TPSA) is 0 Å². The van der Waals surface area contributed by atoms with Gasteiger partial charge in [-0.2, -0.15) is 0 Å². The second-order valence-electron chi connectivity index (χ2n) is 5.61. The number of rotatable bonds is 2. The van der Waals surface area contributed by atoms with Gasteiger partial charge in [-0.3, -0.25) is 0 Å². The van der Waals surface area contributed by atoms with Gasteiger partial charge in [0.05, 0.1) is 0 Å². The standard InChI is InChI=1S/C13H25P/c1-11(2)10-14-12-6-3-4-7-13(14)9-5-8-12/h11-13H,3-10H2,1-2H3. The lowest BCUT2D eigenvalue weighted by Crippen LogP contribution is -2.22. The van der Waals surface area contributed by atoms with E-state index in [1.807, 2.05) is 0 Å². The fraction of sp³-hybridized carbons (Fsp3) is 1.00. The maximum atomic E-state index is 2.42. The van der Waals surface area contributed by atoms with Crippen LogP contribution in [0.1, 0.15) is 58.8 Å². The van der Waals surface area contributed by atoms with E-state index < -0.39 is 0 Å². The molecule has 2 atom stereocenters. The lowest BCUT2D eigenvalue weighted by Gasteiger charge is -2.38. The summed E-state index contributed by atoms with van der Waals surface area (Å²) in [6.45, 7) is 4.84. The molecule has 0 radical (unpaired) electrons. The second-order valence-corrected chi connectivity index (χ2v) is 8.47. The Morgan fingerprint density at radius 3 is 1.93 bits per heavy atom. The van der Waals surface area contributed by atoms with Crippen LogP contribution in [0.25, 0.3) is 0 Å². The summed E-state index contributed by atoms with van der Waals surface area (Å²) < 4.78 is 0. The number of fused-ring (bicyclic) bond motifs is 2. The first kappa shape index (κ1) is 10.9. The Kier molecular flexibility index (Phi) is 3.88. The molecule has 2 rings (SSSR count). The van der Waals surface area contributed by atoms with E-state index in [1.165, 1.54) is 24.2 Å². The summed E-state index contributed by atoms with van der Waals surface area (Å²) in [7, 11) is 0.424. The third-order valence-electron chi connectivity index (χ3n) is 3.91. The molecule has 0 aromatic rings. The first-order chi connectivity index (χ1) is 6.77. The van der Waals surface area contributed by atoms with Gasteiger partial charge in [0.1, 0.15) is 0 Å². The van der Waals surface area contributed by atoms with Gasteiger partial charge in [0.2, 0.25) is 0 Å². The SMILES string of the molecule is CC(C)CP1C2CCCCC1CCC2. The molecule has 2 saturated heterocycles. The van der Waals surface area contributed by atoms with Crippen LogP contribution in [-0.4, -0.2) is 17.5 Å². The molecule has 0 N–H and O–H groups in total. The molecule has 2 aliphatic rings. The normalized spacial score (nSPS) is 38.4. The molecule has 2 aliphatic heterocycles. The molecule has 14 heavy (non-hydrogen) atoms. The van der Waals surface area contributed by atoms with E-state index in [1.54, 1.807) is 38.3 Å². The molecule has 0 aromatic carbocycles. The van der Waals surface area contributed by atoms with Gasteiger partial charge in [-0.1, -0.05) is 33.1 Å². The number of hydrogen-bond donors (Lipinski definition) is 0. The average molecular weight is 212 g/mol. The predicted octanol–water partition coefficient (Wildman–Crippen LogP) is 4.62. The highest BCUT2D eigenvalue weighted by atomic mass is 31.1. The van der Waals surface area contributed by atoms with Gasteiger partial charge in [-0.05, 0) is 49.1 Å². The molecule has 0 spiro atoms. The van der Waals surface area contributed by atoms with E-state index in [4.69, 9.17) is 0 Å². The van der Waals surface area contributed by atoms with Gasteiger partial charge in [-0.25, -0.2) is 0 Å². The predicted molar refractivity (Wildman–Crippen MR) is 66.5 cm³/mol. The molecule has 1 heteroatoms. The maximum Gasteiger partial charge on any atom is -0.0207 e. The highest BCUT2D eigenvalue weighted by Gasteiger charge is 2.33. The van der Waals surface area contributed by atoms with Gasteiger partial charge >= 0.3 is 0 Å². The molecule has 2 unspecified atom stereocenters. The molecule has 0 nitrogen and oxygen atoms in total. The minimum Gasteiger partial charge on any atom is -0.100 e. The van der Waals surface area contributed by atoms with Crippen molar-refractivity contribution in [2.75, 3.05) is 6.16 Å². The lowest BCUT2D eigenvalue weighted by atomic mass is 10.1. The lowest BCUT2D eigenvalue weighted by molar-refractivity contribution is 0.583. The van der Waals surface area contributed by atoms with E-state index >= 15 is 0 Å². The van der Waals surface area contributed by atoms with Crippen LogP contribution in [0.15, 0.2) is 0 Å². The molecule has 2 heterocycles. The first-order valence-electron chi connectivity index (χ1n) is 6.53. The Morgan fingerprint density at radius 1 is 0.929 bits per heavy atom. The molecular formula is C13H25P. The Hall–Kier alpha value is 0.430. The summed E-state index contributed by atoms with van der Waals surface area (Å²) in [5.41, 5.74) is 2.35. The van der Waals surface area contributed by atoms with Crippen molar-refractivity contribution in [2.45, 2.75) is 70.1 Å². The van der Waals surface area contributed by atoms with E-state index in [0.29, 0.717) is 7.92 Å². The van der Waals surface area contributed by atoms with E-state index in [9.17, 15) is 0 Å². The van der Waals surface area contributed by atoms with Crippen molar-refractivity contribution in [3.8, 4) is 0 Å². The second kappa shape index (κ2) is 4.97. The summed E-state index contributed by atoms with van der Waals surface area (Å²) in [4.78, 5) is 0. The summed E-state index contributed by atoms with van der Waals surface area (Å²) in [6.07, 6.45) is 12.5. The largest absolute Gasteiger partial charge is 0.100 e. The van der Waals surface area contributed by atoms with Gasteiger partial charge in [0.25, 0.3) is 0 Å². The van der Waals surface area contributed by atoms with Crippen LogP contribution in [0.5, 0.6) is 0 Å². The van der Waals surface area contributed by atoms with E-state index in [0.717, 1.165) is 5.92 Å². The fourth-order valence-electron chi connectivity index (χ4n) is 3.32. The fourth-order valence-corrected chi connectivity index (χ4v) is 7.41. The van der Waals surface area contributed by atoms with Crippen molar-refractivity contribution in [3.05, 3.63) is 0 Å². The summed E-state index contributed by atoms with van der Waals surface area (Å²) in [6, 6.07) is 0. The van der Waals surface area contributed by atoms with Gasteiger partial charge in [0, 0.05) is 0 Å². The van der Waals surface area contributed by atoms with Crippen molar-refractivity contribution in [3.63, 3.8) is 0 Å². The summed E-state index contributed by atoms with van der Waals surface area (Å²) >= 11 is 0. The van der Waals surface area contributed by atoms with E-state index in [2.05, 4.69) is 13.8 Å². The maximum absolute atomic E-state index is 2.42. The zero-order chi connectivity index (χ0) is 9.97. The van der Waals surface area contributed by atoms with Crippen molar-refractivity contribution >= 4 is 7.92 Å². The number of hydrogen-bond acceptors (Lipinski definition) is 0. The van der Waals surface area contributed by atoms with Crippen molar-refractivity contribution in [1.82, 2.24) is 0 Å².